The van der Waals surface area contributed by atoms with Crippen molar-refractivity contribution in [2.24, 2.45) is 0 Å². The Labute approximate surface area is 166 Å². The van der Waals surface area contributed by atoms with Crippen LogP contribution in [0.5, 0.6) is 5.75 Å². The van der Waals surface area contributed by atoms with E-state index in [0.717, 1.165) is 0 Å². The summed E-state index contributed by atoms with van der Waals surface area (Å²) < 4.78 is 4.46. The topological polar surface area (TPSA) is 104 Å². The zero-order valence-electron chi connectivity index (χ0n) is 12.7. The number of phenolic OH excluding ortho intramolecular Hbond substituents is 1. The first-order valence-electron chi connectivity index (χ1n) is 6.85. The first kappa shape index (κ1) is 20.9. The lowest BCUT2D eigenvalue weighted by Gasteiger charge is -2.19. The molecule has 1 unspecified atom stereocenters. The third-order valence-corrected chi connectivity index (χ3v) is 4.47. The number of hydrogen-bond acceptors (Lipinski definition) is 5. The van der Waals surface area contributed by atoms with Gasteiger partial charge in [-0.1, -0.05) is 12.2 Å². The minimum atomic E-state index is -1.03. The number of ether oxygens (including phenoxy) is 1. The number of carboxylic acid groups (broad SMARTS) is 1. The number of halogens is 2. The molecule has 2 rings (SSSR count). The average molecular weight is 558 g/mol. The first-order valence-corrected chi connectivity index (χ1v) is 9.00. The van der Waals surface area contributed by atoms with E-state index < -0.39 is 15.5 Å². The fourth-order valence-corrected chi connectivity index (χ4v) is 2.65. The van der Waals surface area contributed by atoms with Crippen LogP contribution in [0.1, 0.15) is 23.7 Å². The highest BCUT2D eigenvalue weighted by atomic mass is 127. The standard InChI is InChI=1S/C9H9IO3.C7H7IO3/c1-2-13-9(12)6-3-4-7(10)8(11)5-6;8-7(11)3-1-2-5(4-7)6(9)10/h3-5,11H,2H2,1H3;1-3,11H,4H2,(H,9,10). The molecule has 0 saturated heterocycles. The Morgan fingerprint density at radius 3 is 2.50 bits per heavy atom. The molecule has 0 fully saturated rings. The summed E-state index contributed by atoms with van der Waals surface area (Å²) in [7, 11) is 0. The van der Waals surface area contributed by atoms with Crippen molar-refractivity contribution in [1.29, 1.82) is 0 Å². The van der Waals surface area contributed by atoms with Gasteiger partial charge in [0.1, 0.15) is 9.36 Å². The second kappa shape index (κ2) is 9.37. The van der Waals surface area contributed by atoms with Crippen LogP contribution < -0.4 is 0 Å². The molecule has 0 radical (unpaired) electrons. The Morgan fingerprint density at radius 1 is 1.38 bits per heavy atom. The minimum absolute atomic E-state index is 0.103. The number of aliphatic hydroxyl groups is 1. The van der Waals surface area contributed by atoms with Gasteiger partial charge in [0.25, 0.3) is 0 Å². The van der Waals surface area contributed by atoms with E-state index in [1.165, 1.54) is 12.1 Å². The van der Waals surface area contributed by atoms with E-state index in [0.29, 0.717) is 15.7 Å². The summed E-state index contributed by atoms with van der Waals surface area (Å²) in [5, 5.41) is 27.2. The van der Waals surface area contributed by atoms with Gasteiger partial charge in [-0.15, -0.1) is 0 Å². The van der Waals surface area contributed by atoms with Crippen molar-refractivity contribution in [3.05, 3.63) is 51.1 Å². The van der Waals surface area contributed by atoms with Crippen LogP contribution in [-0.2, 0) is 9.53 Å². The summed E-state index contributed by atoms with van der Waals surface area (Å²) in [6.07, 6.45) is 4.79. The first-order chi connectivity index (χ1) is 11.2. The van der Waals surface area contributed by atoms with Gasteiger partial charge in [0.2, 0.25) is 0 Å². The van der Waals surface area contributed by atoms with Crippen molar-refractivity contribution in [2.45, 2.75) is 17.0 Å². The summed E-state index contributed by atoms with van der Waals surface area (Å²) >= 11 is 3.79. The molecule has 1 aliphatic rings. The van der Waals surface area contributed by atoms with Crippen molar-refractivity contribution >= 4 is 57.1 Å². The van der Waals surface area contributed by atoms with Crippen LogP contribution in [0.15, 0.2) is 42.0 Å². The van der Waals surface area contributed by atoms with Gasteiger partial charge < -0.3 is 20.1 Å². The third-order valence-electron chi connectivity index (χ3n) is 2.82. The molecule has 1 aromatic carbocycles. The summed E-state index contributed by atoms with van der Waals surface area (Å²) in [6, 6.07) is 4.70. The molecular formula is C16H16I2O6. The molecule has 1 aromatic rings. The van der Waals surface area contributed by atoms with Gasteiger partial charge in [-0.3, -0.25) is 0 Å². The molecule has 0 spiro atoms. The molecule has 24 heavy (non-hydrogen) atoms. The highest BCUT2D eigenvalue weighted by Crippen LogP contribution is 2.29. The number of phenols is 1. The number of esters is 1. The van der Waals surface area contributed by atoms with E-state index >= 15 is 0 Å². The van der Waals surface area contributed by atoms with E-state index in [2.05, 4.69) is 0 Å². The summed E-state index contributed by atoms with van der Waals surface area (Å²) in [4.78, 5) is 21.6. The van der Waals surface area contributed by atoms with Crippen LogP contribution in [0.2, 0.25) is 0 Å². The Bertz CT molecular complexity index is 679. The quantitative estimate of drug-likeness (QED) is 0.299. The number of aromatic hydroxyl groups is 1. The van der Waals surface area contributed by atoms with E-state index in [-0.39, 0.29) is 17.7 Å². The fourth-order valence-electron chi connectivity index (χ4n) is 1.70. The Balaban J connectivity index is 0.000000243. The molecule has 0 bridgehead atoms. The number of hydrogen-bond donors (Lipinski definition) is 3. The SMILES string of the molecule is CCOC(=O)c1ccc(I)c(O)c1.O=C(O)C1=CC=CC(O)(I)C1. The minimum Gasteiger partial charge on any atom is -0.507 e. The number of alkyl halides is 1. The van der Waals surface area contributed by atoms with Crippen molar-refractivity contribution in [2.75, 3.05) is 6.61 Å². The summed E-state index contributed by atoms with van der Waals surface area (Å²) in [6.45, 7) is 2.08. The molecule has 0 amide bonds. The van der Waals surface area contributed by atoms with Crippen LogP contribution >= 0.6 is 45.2 Å². The van der Waals surface area contributed by atoms with E-state index in [1.807, 2.05) is 22.6 Å². The summed E-state index contributed by atoms with van der Waals surface area (Å²) in [5.41, 5.74) is 0.615. The molecule has 6 nitrogen and oxygen atoms in total. The van der Waals surface area contributed by atoms with Crippen molar-refractivity contribution in [1.82, 2.24) is 0 Å². The van der Waals surface area contributed by atoms with Gasteiger partial charge >= 0.3 is 11.9 Å². The van der Waals surface area contributed by atoms with Gasteiger partial charge in [0.15, 0.2) is 0 Å². The molecule has 3 N–H and O–H groups in total. The molecule has 0 saturated carbocycles. The number of carboxylic acids is 1. The maximum Gasteiger partial charge on any atom is 0.338 e. The summed E-state index contributed by atoms with van der Waals surface area (Å²) in [5.74, 6) is -1.27. The molecule has 1 aliphatic carbocycles. The maximum absolute atomic E-state index is 11.2. The van der Waals surface area contributed by atoms with Gasteiger partial charge in [-0.05, 0) is 76.4 Å². The predicted octanol–water partition coefficient (Wildman–Crippen LogP) is 3.25. The molecule has 8 heteroatoms. The van der Waals surface area contributed by atoms with Gasteiger partial charge in [-0.2, -0.15) is 0 Å². The van der Waals surface area contributed by atoms with E-state index in [4.69, 9.17) is 9.84 Å². The molecule has 1 atom stereocenters. The zero-order valence-corrected chi connectivity index (χ0v) is 17.0. The van der Waals surface area contributed by atoms with Crippen molar-refractivity contribution in [3.8, 4) is 5.75 Å². The van der Waals surface area contributed by atoms with Crippen LogP contribution in [0.3, 0.4) is 0 Å². The molecule has 130 valence electrons. The lowest BCUT2D eigenvalue weighted by Crippen LogP contribution is -2.21. The molecule has 0 heterocycles. The van der Waals surface area contributed by atoms with E-state index in [9.17, 15) is 19.8 Å². The lowest BCUT2D eigenvalue weighted by molar-refractivity contribution is -0.133. The Morgan fingerprint density at radius 2 is 2.04 bits per heavy atom. The fraction of sp³-hybridized carbons (Fsp3) is 0.250. The molecule has 0 aliphatic heterocycles. The predicted molar refractivity (Wildman–Crippen MR) is 105 cm³/mol. The maximum atomic E-state index is 11.2. The average Bonchev–Trinajstić information content (AvgIpc) is 2.50. The normalized spacial score (nSPS) is 18.9. The highest BCUT2D eigenvalue weighted by Gasteiger charge is 2.25. The Hall–Kier alpha value is -1.14. The number of carbonyl (C=O) groups is 2. The second-order valence-electron chi connectivity index (χ2n) is 4.74. The number of allylic oxidation sites excluding steroid dienone is 2. The Kier molecular flexibility index (Phi) is 8.16. The number of benzene rings is 1. The van der Waals surface area contributed by atoms with Gasteiger partial charge in [0, 0.05) is 12.0 Å². The largest absolute Gasteiger partial charge is 0.507 e. The van der Waals surface area contributed by atoms with Crippen molar-refractivity contribution in [3.63, 3.8) is 0 Å². The number of rotatable bonds is 3. The van der Waals surface area contributed by atoms with Crippen molar-refractivity contribution < 1.29 is 29.6 Å². The number of aliphatic carboxylic acids is 1. The van der Waals surface area contributed by atoms with E-state index in [1.54, 1.807) is 53.8 Å². The highest BCUT2D eigenvalue weighted by molar-refractivity contribution is 14.1. The monoisotopic (exact) mass is 558 g/mol. The van der Waals surface area contributed by atoms with Gasteiger partial charge in [0.05, 0.1) is 15.7 Å². The molecule has 0 aromatic heterocycles. The lowest BCUT2D eigenvalue weighted by atomic mass is 10.0. The van der Waals surface area contributed by atoms with Crippen LogP contribution in [0.25, 0.3) is 0 Å². The molecular weight excluding hydrogens is 542 g/mol. The second-order valence-corrected chi connectivity index (χ2v) is 7.77. The van der Waals surface area contributed by atoms with Crippen LogP contribution in [0, 0.1) is 3.57 Å². The number of carbonyl (C=O) groups excluding carboxylic acids is 1. The van der Waals surface area contributed by atoms with Crippen LogP contribution in [-0.4, -0.2) is 37.5 Å². The zero-order chi connectivity index (χ0) is 18.3. The smallest absolute Gasteiger partial charge is 0.338 e. The third kappa shape index (κ3) is 6.77. The van der Waals surface area contributed by atoms with Gasteiger partial charge in [-0.25, -0.2) is 9.59 Å². The van der Waals surface area contributed by atoms with Crippen LogP contribution in [0.4, 0.5) is 0 Å².